The van der Waals surface area contributed by atoms with E-state index in [0.29, 0.717) is 6.54 Å². The molecule has 2 aromatic rings. The lowest BCUT2D eigenvalue weighted by Crippen LogP contribution is -3.16. The summed E-state index contributed by atoms with van der Waals surface area (Å²) in [5.74, 6) is 1.09. The van der Waals surface area contributed by atoms with E-state index in [2.05, 4.69) is 50.2 Å². The zero-order valence-electron chi connectivity index (χ0n) is 15.9. The Morgan fingerprint density at radius 3 is 2.48 bits per heavy atom. The standard InChI is InChI=1S/C22H26N2O2S/c1-16-12-23(13-17(2)26-16)14-22(25)24-19-10-6-7-11-21(19)27-15-20(24)18-8-4-3-5-9-18/h3-11,16-17,20H,12-15H2,1-2H3/p+1/t16-,17-,20-/m1/s1. The molecule has 1 saturated heterocycles. The van der Waals surface area contributed by atoms with Crippen LogP contribution in [0.1, 0.15) is 25.5 Å². The third-order valence-electron chi connectivity index (χ3n) is 5.30. The number of anilines is 1. The maximum absolute atomic E-state index is 13.5. The fourth-order valence-corrected chi connectivity index (χ4v) is 5.42. The van der Waals surface area contributed by atoms with Gasteiger partial charge in [0.2, 0.25) is 0 Å². The molecular formula is C22H27N2O2S+. The largest absolute Gasteiger partial charge is 0.364 e. The van der Waals surface area contributed by atoms with Gasteiger partial charge in [-0.3, -0.25) is 9.69 Å². The van der Waals surface area contributed by atoms with Crippen LogP contribution in [0.5, 0.6) is 0 Å². The van der Waals surface area contributed by atoms with Crippen molar-refractivity contribution in [3.8, 4) is 0 Å². The molecule has 0 aliphatic carbocycles. The highest BCUT2D eigenvalue weighted by molar-refractivity contribution is 7.99. The molecule has 27 heavy (non-hydrogen) atoms. The van der Waals surface area contributed by atoms with Crippen LogP contribution < -0.4 is 9.80 Å². The molecule has 2 heterocycles. The number of nitrogens with one attached hydrogen (secondary N) is 1. The number of benzene rings is 2. The van der Waals surface area contributed by atoms with Gasteiger partial charge < -0.3 is 9.64 Å². The number of morpholine rings is 1. The van der Waals surface area contributed by atoms with Crippen LogP contribution in [-0.4, -0.2) is 43.5 Å². The number of ether oxygens (including phenoxy) is 1. The van der Waals surface area contributed by atoms with Crippen molar-refractivity contribution in [3.63, 3.8) is 0 Å². The van der Waals surface area contributed by atoms with E-state index in [1.165, 1.54) is 15.4 Å². The van der Waals surface area contributed by atoms with Crippen LogP contribution in [0.15, 0.2) is 59.5 Å². The second kappa shape index (κ2) is 8.05. The molecule has 2 aliphatic rings. The van der Waals surface area contributed by atoms with Gasteiger partial charge in [-0.15, -0.1) is 11.8 Å². The van der Waals surface area contributed by atoms with Crippen LogP contribution in [0.4, 0.5) is 5.69 Å². The lowest BCUT2D eigenvalue weighted by molar-refractivity contribution is -0.907. The van der Waals surface area contributed by atoms with E-state index in [1.54, 1.807) is 0 Å². The zero-order chi connectivity index (χ0) is 18.8. The van der Waals surface area contributed by atoms with Gasteiger partial charge in [0.05, 0.1) is 11.7 Å². The van der Waals surface area contributed by atoms with E-state index >= 15 is 0 Å². The predicted octanol–water partition coefficient (Wildman–Crippen LogP) is 2.56. The van der Waals surface area contributed by atoms with Gasteiger partial charge in [0.25, 0.3) is 5.91 Å². The molecule has 4 rings (SSSR count). The number of amides is 1. The maximum Gasteiger partial charge on any atom is 0.282 e. The van der Waals surface area contributed by atoms with Crippen molar-refractivity contribution in [2.45, 2.75) is 37.0 Å². The molecule has 4 nitrogen and oxygen atoms in total. The Labute approximate surface area is 165 Å². The van der Waals surface area contributed by atoms with Crippen LogP contribution in [0.2, 0.25) is 0 Å². The highest BCUT2D eigenvalue weighted by atomic mass is 32.2. The number of carbonyl (C=O) groups is 1. The zero-order valence-corrected chi connectivity index (χ0v) is 16.7. The molecule has 0 saturated carbocycles. The van der Waals surface area contributed by atoms with Gasteiger partial charge in [-0.2, -0.15) is 0 Å². The number of carbonyl (C=O) groups excluding carboxylic acids is 1. The minimum absolute atomic E-state index is 0.0777. The molecule has 0 radical (unpaired) electrons. The molecule has 0 bridgehead atoms. The second-order valence-corrected chi connectivity index (χ2v) is 8.62. The number of para-hydroxylation sites is 1. The van der Waals surface area contributed by atoms with Gasteiger partial charge in [-0.05, 0) is 31.5 Å². The molecular weight excluding hydrogens is 356 g/mol. The number of nitrogens with zero attached hydrogens (tertiary/aromatic N) is 1. The fraction of sp³-hybridized carbons (Fsp3) is 0.409. The van der Waals surface area contributed by atoms with E-state index in [0.717, 1.165) is 24.5 Å². The average molecular weight is 384 g/mol. The Kier molecular flexibility index (Phi) is 5.53. The highest BCUT2D eigenvalue weighted by Crippen LogP contribution is 2.42. The summed E-state index contributed by atoms with van der Waals surface area (Å²) in [7, 11) is 0. The van der Waals surface area contributed by atoms with Gasteiger partial charge in [-0.1, -0.05) is 42.5 Å². The predicted molar refractivity (Wildman–Crippen MR) is 109 cm³/mol. The normalized spacial score (nSPS) is 27.9. The number of hydrogen-bond donors (Lipinski definition) is 1. The molecule has 5 heteroatoms. The van der Waals surface area contributed by atoms with Crippen molar-refractivity contribution in [2.75, 3.05) is 30.3 Å². The molecule has 2 aliphatic heterocycles. The van der Waals surface area contributed by atoms with Gasteiger partial charge >= 0.3 is 0 Å². The Balaban J connectivity index is 1.62. The minimum Gasteiger partial charge on any atom is -0.364 e. The number of rotatable bonds is 3. The van der Waals surface area contributed by atoms with Gasteiger partial charge in [0.1, 0.15) is 25.3 Å². The van der Waals surface area contributed by atoms with Gasteiger partial charge in [0.15, 0.2) is 6.54 Å². The van der Waals surface area contributed by atoms with Gasteiger partial charge in [0, 0.05) is 10.6 Å². The second-order valence-electron chi connectivity index (χ2n) is 7.56. The van der Waals surface area contributed by atoms with Crippen molar-refractivity contribution < 1.29 is 14.4 Å². The SMILES string of the molecule is C[C@@H]1C[NH+](CC(=O)N2c3ccccc3SC[C@@H]2c2ccccc2)C[C@@H](C)O1. The lowest BCUT2D eigenvalue weighted by Gasteiger charge is -2.38. The Morgan fingerprint density at radius 1 is 1.07 bits per heavy atom. The van der Waals surface area contributed by atoms with Gasteiger partial charge in [-0.25, -0.2) is 0 Å². The van der Waals surface area contributed by atoms with Crippen LogP contribution in [0.3, 0.4) is 0 Å². The monoisotopic (exact) mass is 383 g/mol. The molecule has 3 atom stereocenters. The topological polar surface area (TPSA) is 34.0 Å². The Hall–Kier alpha value is -1.82. The van der Waals surface area contributed by atoms with Crippen molar-refractivity contribution in [1.29, 1.82) is 0 Å². The van der Waals surface area contributed by atoms with Crippen LogP contribution in [0, 0.1) is 0 Å². The smallest absolute Gasteiger partial charge is 0.282 e. The van der Waals surface area contributed by atoms with Crippen molar-refractivity contribution in [2.24, 2.45) is 0 Å². The summed E-state index contributed by atoms with van der Waals surface area (Å²) in [6.45, 7) is 6.48. The molecule has 142 valence electrons. The summed E-state index contributed by atoms with van der Waals surface area (Å²) < 4.78 is 5.84. The number of hydrogen-bond acceptors (Lipinski definition) is 3. The first kappa shape index (κ1) is 18.5. The van der Waals surface area contributed by atoms with Crippen molar-refractivity contribution in [3.05, 3.63) is 60.2 Å². The lowest BCUT2D eigenvalue weighted by atomic mass is 10.0. The average Bonchev–Trinajstić information content (AvgIpc) is 2.67. The minimum atomic E-state index is 0.0777. The van der Waals surface area contributed by atoms with E-state index in [4.69, 9.17) is 4.74 Å². The summed E-state index contributed by atoms with van der Waals surface area (Å²) in [6.07, 6.45) is 0.399. The molecule has 2 aromatic carbocycles. The number of fused-ring (bicyclic) bond motifs is 1. The van der Waals surface area contributed by atoms with Crippen LogP contribution in [-0.2, 0) is 9.53 Å². The molecule has 1 N–H and O–H groups in total. The first-order valence-corrected chi connectivity index (χ1v) is 10.7. The molecule has 0 spiro atoms. The van der Waals surface area contributed by atoms with Crippen molar-refractivity contribution in [1.82, 2.24) is 0 Å². The molecule has 1 fully saturated rings. The quantitative estimate of drug-likeness (QED) is 0.885. The summed E-state index contributed by atoms with van der Waals surface area (Å²) in [4.78, 5) is 18.0. The number of quaternary nitrogens is 1. The first-order chi connectivity index (χ1) is 13.1. The highest BCUT2D eigenvalue weighted by Gasteiger charge is 2.35. The molecule has 0 aromatic heterocycles. The number of thioether (sulfide) groups is 1. The maximum atomic E-state index is 13.5. The molecule has 0 unspecified atom stereocenters. The van der Waals surface area contributed by atoms with E-state index in [-0.39, 0.29) is 24.2 Å². The third-order valence-corrected chi connectivity index (χ3v) is 6.44. The summed E-state index contributed by atoms with van der Waals surface area (Å²) in [5.41, 5.74) is 2.24. The van der Waals surface area contributed by atoms with Crippen molar-refractivity contribution >= 4 is 23.4 Å². The van der Waals surface area contributed by atoms with E-state index < -0.39 is 0 Å². The first-order valence-electron chi connectivity index (χ1n) is 9.69. The van der Waals surface area contributed by atoms with E-state index in [9.17, 15) is 4.79 Å². The van der Waals surface area contributed by atoms with E-state index in [1.807, 2.05) is 34.9 Å². The Bertz CT molecular complexity index is 788. The van der Waals surface area contributed by atoms with Crippen LogP contribution >= 0.6 is 11.8 Å². The Morgan fingerprint density at radius 2 is 1.74 bits per heavy atom. The fourth-order valence-electron chi connectivity index (χ4n) is 4.25. The molecule has 1 amide bonds. The summed E-state index contributed by atoms with van der Waals surface area (Å²) in [5, 5.41) is 0. The van der Waals surface area contributed by atoms with Crippen LogP contribution in [0.25, 0.3) is 0 Å². The third kappa shape index (κ3) is 4.05. The summed E-state index contributed by atoms with van der Waals surface area (Å²) in [6, 6.07) is 18.7. The summed E-state index contributed by atoms with van der Waals surface area (Å²) >= 11 is 1.84.